The van der Waals surface area contributed by atoms with Gasteiger partial charge in [-0.3, -0.25) is 4.90 Å². The fourth-order valence-electron chi connectivity index (χ4n) is 2.92. The number of hydrogen-bond acceptors (Lipinski definition) is 2. The van der Waals surface area contributed by atoms with Crippen LogP contribution in [0.15, 0.2) is 18.2 Å². The lowest BCUT2D eigenvalue weighted by atomic mass is 10.1. The molecule has 20 heavy (non-hydrogen) atoms. The van der Waals surface area contributed by atoms with Crippen LogP contribution in [-0.2, 0) is 0 Å². The third kappa shape index (κ3) is 3.51. The van der Waals surface area contributed by atoms with Crippen LogP contribution < -0.4 is 10.6 Å². The number of amides is 2. The van der Waals surface area contributed by atoms with E-state index < -0.39 is 0 Å². The second-order valence-corrected chi connectivity index (χ2v) is 5.53. The van der Waals surface area contributed by atoms with Crippen molar-refractivity contribution in [1.29, 1.82) is 0 Å². The number of likely N-dealkylation sites (N-methyl/N-ethyl adjacent to an activating group) is 1. The van der Waals surface area contributed by atoms with Gasteiger partial charge in [-0.15, -0.1) is 0 Å². The second kappa shape index (κ2) is 6.75. The molecule has 1 saturated heterocycles. The van der Waals surface area contributed by atoms with Crippen LogP contribution in [0.5, 0.6) is 0 Å². The van der Waals surface area contributed by atoms with Crippen molar-refractivity contribution in [3.63, 3.8) is 0 Å². The first-order valence-corrected chi connectivity index (χ1v) is 7.47. The predicted molar refractivity (Wildman–Crippen MR) is 83.2 cm³/mol. The average Bonchev–Trinajstić information content (AvgIpc) is 2.88. The molecule has 2 rings (SSSR count). The van der Waals surface area contributed by atoms with E-state index in [2.05, 4.69) is 22.5 Å². The number of para-hydroxylation sites is 1. The fraction of sp³-hybridized carbons (Fsp3) is 0.562. The standard InChI is InChI=1S/C16H25N3O/c1-4-19-10-6-9-14(19)11-17-16(20)18-15-12(2)7-5-8-13(15)3/h5,7-8,14H,4,6,9-11H2,1-3H3,(H2,17,18,20)/t14-/m0/s1. The zero-order valence-corrected chi connectivity index (χ0v) is 12.7. The highest BCUT2D eigenvalue weighted by Crippen LogP contribution is 2.19. The van der Waals surface area contributed by atoms with Crippen molar-refractivity contribution in [2.24, 2.45) is 0 Å². The van der Waals surface area contributed by atoms with Gasteiger partial charge in [0.2, 0.25) is 0 Å². The van der Waals surface area contributed by atoms with Gasteiger partial charge in [-0.1, -0.05) is 25.1 Å². The number of hydrogen-bond donors (Lipinski definition) is 2. The SMILES string of the molecule is CCN1CCC[C@H]1CNC(=O)Nc1c(C)cccc1C. The molecular formula is C16H25N3O. The van der Waals surface area contributed by atoms with E-state index in [1.807, 2.05) is 32.0 Å². The van der Waals surface area contributed by atoms with E-state index in [4.69, 9.17) is 0 Å². The van der Waals surface area contributed by atoms with E-state index in [0.717, 1.165) is 36.4 Å². The molecule has 0 spiro atoms. The normalized spacial score (nSPS) is 19.1. The quantitative estimate of drug-likeness (QED) is 0.887. The summed E-state index contributed by atoms with van der Waals surface area (Å²) in [6, 6.07) is 6.41. The summed E-state index contributed by atoms with van der Waals surface area (Å²) >= 11 is 0. The zero-order valence-electron chi connectivity index (χ0n) is 12.7. The lowest BCUT2D eigenvalue weighted by molar-refractivity contribution is 0.238. The summed E-state index contributed by atoms with van der Waals surface area (Å²) in [6.45, 7) is 9.14. The van der Waals surface area contributed by atoms with Crippen molar-refractivity contribution in [3.8, 4) is 0 Å². The van der Waals surface area contributed by atoms with Gasteiger partial charge in [0.15, 0.2) is 0 Å². The van der Waals surface area contributed by atoms with Crippen molar-refractivity contribution >= 4 is 11.7 Å². The molecule has 1 aromatic rings. The van der Waals surface area contributed by atoms with E-state index in [1.54, 1.807) is 0 Å². The molecule has 1 aliphatic rings. The summed E-state index contributed by atoms with van der Waals surface area (Å²) in [5, 5.41) is 5.97. The van der Waals surface area contributed by atoms with E-state index >= 15 is 0 Å². The van der Waals surface area contributed by atoms with Gasteiger partial charge in [0.25, 0.3) is 0 Å². The molecule has 1 aromatic carbocycles. The van der Waals surface area contributed by atoms with Crippen LogP contribution >= 0.6 is 0 Å². The van der Waals surface area contributed by atoms with E-state index in [9.17, 15) is 4.79 Å². The Labute approximate surface area is 121 Å². The van der Waals surface area contributed by atoms with E-state index in [-0.39, 0.29) is 6.03 Å². The maximum Gasteiger partial charge on any atom is 0.319 e. The summed E-state index contributed by atoms with van der Waals surface area (Å²) in [7, 11) is 0. The highest BCUT2D eigenvalue weighted by Gasteiger charge is 2.23. The Hall–Kier alpha value is -1.55. The van der Waals surface area contributed by atoms with Crippen LogP contribution in [0.2, 0.25) is 0 Å². The molecule has 1 atom stereocenters. The molecule has 0 bridgehead atoms. The highest BCUT2D eigenvalue weighted by molar-refractivity contribution is 5.90. The summed E-state index contributed by atoms with van der Waals surface area (Å²) < 4.78 is 0. The van der Waals surface area contributed by atoms with Gasteiger partial charge in [0, 0.05) is 18.3 Å². The molecule has 0 saturated carbocycles. The van der Waals surface area contributed by atoms with E-state index in [0.29, 0.717) is 6.04 Å². The minimum atomic E-state index is -0.106. The Bertz CT molecular complexity index is 453. The van der Waals surface area contributed by atoms with Crippen LogP contribution in [0, 0.1) is 13.8 Å². The third-order valence-electron chi connectivity index (χ3n) is 4.12. The molecule has 0 radical (unpaired) electrons. The largest absolute Gasteiger partial charge is 0.336 e. The Morgan fingerprint density at radius 2 is 2.05 bits per heavy atom. The number of nitrogens with zero attached hydrogens (tertiary/aromatic N) is 1. The maximum absolute atomic E-state index is 12.0. The van der Waals surface area contributed by atoms with Crippen LogP contribution in [-0.4, -0.2) is 36.6 Å². The first-order chi connectivity index (χ1) is 9.61. The van der Waals surface area contributed by atoms with Gasteiger partial charge in [-0.25, -0.2) is 4.79 Å². The Morgan fingerprint density at radius 1 is 1.35 bits per heavy atom. The summed E-state index contributed by atoms with van der Waals surface area (Å²) in [5.41, 5.74) is 3.11. The second-order valence-electron chi connectivity index (χ2n) is 5.53. The van der Waals surface area contributed by atoms with Gasteiger partial charge >= 0.3 is 6.03 Å². The zero-order chi connectivity index (χ0) is 14.5. The molecule has 0 aromatic heterocycles. The smallest absolute Gasteiger partial charge is 0.319 e. The number of urea groups is 1. The third-order valence-corrected chi connectivity index (χ3v) is 4.12. The maximum atomic E-state index is 12.0. The van der Waals surface area contributed by atoms with Gasteiger partial charge in [-0.05, 0) is 50.9 Å². The number of anilines is 1. The minimum Gasteiger partial charge on any atom is -0.336 e. The lowest BCUT2D eigenvalue weighted by Gasteiger charge is -2.23. The van der Waals surface area contributed by atoms with Crippen molar-refractivity contribution in [2.75, 3.05) is 25.0 Å². The Balaban J connectivity index is 1.87. The molecule has 0 aliphatic carbocycles. The average molecular weight is 275 g/mol. The number of aryl methyl sites for hydroxylation is 2. The highest BCUT2D eigenvalue weighted by atomic mass is 16.2. The molecule has 1 fully saturated rings. The predicted octanol–water partition coefficient (Wildman–Crippen LogP) is 2.91. The first-order valence-electron chi connectivity index (χ1n) is 7.47. The van der Waals surface area contributed by atoms with Gasteiger partial charge < -0.3 is 10.6 Å². The molecular weight excluding hydrogens is 250 g/mol. The number of benzene rings is 1. The molecule has 4 heteroatoms. The van der Waals surface area contributed by atoms with Gasteiger partial charge in [0.05, 0.1) is 0 Å². The van der Waals surface area contributed by atoms with Crippen LogP contribution in [0.25, 0.3) is 0 Å². The van der Waals surface area contributed by atoms with Gasteiger partial charge in [-0.2, -0.15) is 0 Å². The van der Waals surface area contributed by atoms with Crippen LogP contribution in [0.4, 0.5) is 10.5 Å². The number of nitrogens with one attached hydrogen (secondary N) is 2. The molecule has 1 heterocycles. The number of rotatable bonds is 4. The molecule has 110 valence electrons. The Kier molecular flexibility index (Phi) is 5.01. The number of likely N-dealkylation sites (tertiary alicyclic amines) is 1. The molecule has 0 unspecified atom stereocenters. The minimum absolute atomic E-state index is 0.106. The summed E-state index contributed by atoms with van der Waals surface area (Å²) in [5.74, 6) is 0. The topological polar surface area (TPSA) is 44.4 Å². The molecule has 1 aliphatic heterocycles. The van der Waals surface area contributed by atoms with Crippen LogP contribution in [0.3, 0.4) is 0 Å². The molecule has 4 nitrogen and oxygen atoms in total. The first kappa shape index (κ1) is 14.9. The Morgan fingerprint density at radius 3 is 2.70 bits per heavy atom. The summed E-state index contributed by atoms with van der Waals surface area (Å²) in [4.78, 5) is 14.5. The number of carbonyl (C=O) groups excluding carboxylic acids is 1. The number of carbonyl (C=O) groups is 1. The van der Waals surface area contributed by atoms with Crippen molar-refractivity contribution in [3.05, 3.63) is 29.3 Å². The van der Waals surface area contributed by atoms with Crippen molar-refractivity contribution < 1.29 is 4.79 Å². The monoisotopic (exact) mass is 275 g/mol. The van der Waals surface area contributed by atoms with Crippen molar-refractivity contribution in [2.45, 2.75) is 39.7 Å². The molecule has 2 amide bonds. The van der Waals surface area contributed by atoms with Crippen LogP contribution in [0.1, 0.15) is 30.9 Å². The summed E-state index contributed by atoms with van der Waals surface area (Å²) in [6.07, 6.45) is 2.41. The van der Waals surface area contributed by atoms with Crippen molar-refractivity contribution in [1.82, 2.24) is 10.2 Å². The molecule has 2 N–H and O–H groups in total. The fourth-order valence-corrected chi connectivity index (χ4v) is 2.92. The lowest BCUT2D eigenvalue weighted by Crippen LogP contribution is -2.41. The van der Waals surface area contributed by atoms with Gasteiger partial charge in [0.1, 0.15) is 0 Å². The van der Waals surface area contributed by atoms with E-state index in [1.165, 1.54) is 12.8 Å².